The summed E-state index contributed by atoms with van der Waals surface area (Å²) in [4.78, 5) is 19.7. The number of hydrogen-bond donors (Lipinski definition) is 1. The van der Waals surface area contributed by atoms with Crippen molar-refractivity contribution in [3.05, 3.63) is 29.6 Å². The fourth-order valence-corrected chi connectivity index (χ4v) is 6.33. The second-order valence-electron chi connectivity index (χ2n) is 13.6. The maximum atomic E-state index is 12.2. The van der Waals surface area contributed by atoms with E-state index in [1.54, 1.807) is 0 Å². The van der Waals surface area contributed by atoms with Crippen LogP contribution in [0.15, 0.2) is 18.2 Å². The minimum atomic E-state index is -1.16. The highest BCUT2D eigenvalue weighted by molar-refractivity contribution is 6.76. The van der Waals surface area contributed by atoms with Gasteiger partial charge in [-0.15, -0.1) is 5.10 Å². The van der Waals surface area contributed by atoms with Gasteiger partial charge < -0.3 is 24.4 Å². The molecule has 1 atom stereocenters. The first-order chi connectivity index (χ1) is 20.1. The summed E-state index contributed by atoms with van der Waals surface area (Å²) >= 11 is 0. The smallest absolute Gasteiger partial charge is 0.306 e. The summed E-state index contributed by atoms with van der Waals surface area (Å²) in [6, 6.07) is 8.12. The van der Waals surface area contributed by atoms with E-state index < -0.39 is 8.07 Å². The zero-order valence-electron chi connectivity index (χ0n) is 26.9. The Kier molecular flexibility index (Phi) is 11.5. The molecule has 2 aliphatic rings. The summed E-state index contributed by atoms with van der Waals surface area (Å²) in [6.45, 7) is 17.4. The van der Waals surface area contributed by atoms with E-state index in [2.05, 4.69) is 68.8 Å². The van der Waals surface area contributed by atoms with Gasteiger partial charge in [0.1, 0.15) is 12.6 Å². The highest BCUT2D eigenvalue weighted by atomic mass is 28.3. The summed E-state index contributed by atoms with van der Waals surface area (Å²) in [6.07, 6.45) is 5.49. The average molecular weight is 600 g/mol. The Balaban J connectivity index is 1.66. The monoisotopic (exact) mass is 599 g/mol. The summed E-state index contributed by atoms with van der Waals surface area (Å²) in [5.41, 5.74) is 3.23. The number of hydrogen-bond acceptors (Lipinski definition) is 8. The van der Waals surface area contributed by atoms with Crippen molar-refractivity contribution < 1.29 is 19.0 Å². The lowest BCUT2D eigenvalue weighted by Gasteiger charge is -2.38. The Morgan fingerprint density at radius 2 is 1.93 bits per heavy atom. The van der Waals surface area contributed by atoms with Gasteiger partial charge in [-0.2, -0.15) is 4.98 Å². The van der Waals surface area contributed by atoms with E-state index in [1.165, 1.54) is 7.11 Å². The standard InChI is InChI=1S/C32H53N5O4Si/c1-8-24(20-30(38)39-4)26-11-12-29(36(21-23(2)3)27-13-15-40-16-14-27)28(19-26)33-32-34-31(25-9-10-25)37(35-32)22-41-17-18-42(5,6)7/h11-12,19,23-25,27H,8-10,13-18,20-22H2,1-7H3,(H,33,35). The van der Waals surface area contributed by atoms with Gasteiger partial charge in [-0.25, -0.2) is 4.68 Å². The molecule has 2 aromatic rings. The number of nitrogens with one attached hydrogen (secondary N) is 1. The first kappa shape index (κ1) is 32.5. The lowest BCUT2D eigenvalue weighted by Crippen LogP contribution is -2.42. The fourth-order valence-electron chi connectivity index (χ4n) is 5.57. The Hall–Kier alpha value is -2.43. The van der Waals surface area contributed by atoms with Gasteiger partial charge in [0, 0.05) is 46.4 Å². The lowest BCUT2D eigenvalue weighted by atomic mass is 9.92. The van der Waals surface area contributed by atoms with E-state index in [-0.39, 0.29) is 11.9 Å². The second kappa shape index (κ2) is 14.8. The quantitative estimate of drug-likeness (QED) is 0.126. The van der Waals surface area contributed by atoms with E-state index in [0.29, 0.717) is 37.0 Å². The molecule has 2 heterocycles. The van der Waals surface area contributed by atoms with Crippen molar-refractivity contribution in [3.63, 3.8) is 0 Å². The fraction of sp³-hybridized carbons (Fsp3) is 0.719. The van der Waals surface area contributed by atoms with Crippen LogP contribution in [-0.4, -0.2) is 68.3 Å². The maximum absolute atomic E-state index is 12.2. The van der Waals surface area contributed by atoms with Gasteiger partial charge in [0.25, 0.3) is 0 Å². The van der Waals surface area contributed by atoms with Crippen molar-refractivity contribution in [2.45, 2.75) is 110 Å². The molecule has 1 unspecified atom stereocenters. The molecule has 1 aromatic carbocycles. The number of aromatic nitrogens is 3. The van der Waals surface area contributed by atoms with Crippen LogP contribution in [0.4, 0.5) is 17.3 Å². The first-order valence-electron chi connectivity index (χ1n) is 15.9. The number of nitrogens with zero attached hydrogens (tertiary/aromatic N) is 4. The molecule has 1 N–H and O–H groups in total. The van der Waals surface area contributed by atoms with Gasteiger partial charge in [-0.05, 0) is 67.7 Å². The lowest BCUT2D eigenvalue weighted by molar-refractivity contribution is -0.141. The molecular weight excluding hydrogens is 546 g/mol. The molecule has 42 heavy (non-hydrogen) atoms. The number of esters is 1. The molecule has 10 heteroatoms. The highest BCUT2D eigenvalue weighted by Gasteiger charge is 2.31. The van der Waals surface area contributed by atoms with E-state index in [4.69, 9.17) is 24.3 Å². The predicted octanol–water partition coefficient (Wildman–Crippen LogP) is 6.91. The largest absolute Gasteiger partial charge is 0.469 e. The van der Waals surface area contributed by atoms with Crippen LogP contribution in [0.2, 0.25) is 25.7 Å². The van der Waals surface area contributed by atoms with E-state index in [9.17, 15) is 4.79 Å². The Bertz CT molecular complexity index is 1150. The number of anilines is 3. The SMILES string of the molecule is CCC(CC(=O)OC)c1ccc(N(CC(C)C)C2CCOCC2)c(Nc2nc(C3CC3)n(COCC[Si](C)(C)C)n2)c1. The molecule has 0 bridgehead atoms. The van der Waals surface area contributed by atoms with Crippen LogP contribution >= 0.6 is 0 Å². The second-order valence-corrected chi connectivity index (χ2v) is 19.2. The van der Waals surface area contributed by atoms with Crippen molar-refractivity contribution in [1.82, 2.24) is 14.8 Å². The molecule has 1 aliphatic heterocycles. The summed E-state index contributed by atoms with van der Waals surface area (Å²) in [5, 5.41) is 8.53. The molecule has 0 spiro atoms. The van der Waals surface area contributed by atoms with E-state index >= 15 is 0 Å². The summed E-state index contributed by atoms with van der Waals surface area (Å²) in [5.74, 6) is 2.43. The Labute approximate surface area is 253 Å². The number of carbonyl (C=O) groups is 1. The normalized spacial score (nSPS) is 17.0. The zero-order chi connectivity index (χ0) is 30.3. The molecule has 0 amide bonds. The van der Waals surface area contributed by atoms with Gasteiger partial charge in [0.15, 0.2) is 0 Å². The third-order valence-electron chi connectivity index (χ3n) is 8.23. The van der Waals surface area contributed by atoms with Crippen LogP contribution in [0, 0.1) is 5.92 Å². The van der Waals surface area contributed by atoms with Crippen LogP contribution in [0.3, 0.4) is 0 Å². The summed E-state index contributed by atoms with van der Waals surface area (Å²) in [7, 11) is 0.293. The average Bonchev–Trinajstić information content (AvgIpc) is 3.73. The minimum absolute atomic E-state index is 0.0704. The van der Waals surface area contributed by atoms with Crippen molar-refractivity contribution in [3.8, 4) is 0 Å². The third-order valence-corrected chi connectivity index (χ3v) is 9.93. The number of carbonyl (C=O) groups excluding carboxylic acids is 1. The molecule has 1 saturated heterocycles. The van der Waals surface area contributed by atoms with Crippen molar-refractivity contribution in [2.24, 2.45) is 5.92 Å². The molecule has 234 valence electrons. The maximum Gasteiger partial charge on any atom is 0.306 e. The van der Waals surface area contributed by atoms with Crippen molar-refractivity contribution >= 4 is 31.4 Å². The van der Waals surface area contributed by atoms with Crippen LogP contribution < -0.4 is 10.2 Å². The number of benzene rings is 1. The molecule has 2 fully saturated rings. The third kappa shape index (κ3) is 9.28. The van der Waals surface area contributed by atoms with Gasteiger partial charge in [-0.1, -0.05) is 46.5 Å². The minimum Gasteiger partial charge on any atom is -0.469 e. The van der Waals surface area contributed by atoms with Crippen LogP contribution in [0.25, 0.3) is 0 Å². The van der Waals surface area contributed by atoms with E-state index in [1.807, 2.05) is 4.68 Å². The first-order valence-corrected chi connectivity index (χ1v) is 19.6. The van der Waals surface area contributed by atoms with Gasteiger partial charge in [0.05, 0.1) is 24.9 Å². The topological polar surface area (TPSA) is 90.7 Å². The molecule has 1 saturated carbocycles. The van der Waals surface area contributed by atoms with Crippen molar-refractivity contribution in [2.75, 3.05) is 43.7 Å². The molecular formula is C32H53N5O4Si. The number of rotatable bonds is 16. The van der Waals surface area contributed by atoms with Crippen LogP contribution in [0.1, 0.15) is 82.5 Å². The van der Waals surface area contributed by atoms with Crippen LogP contribution in [-0.2, 0) is 25.7 Å². The summed E-state index contributed by atoms with van der Waals surface area (Å²) < 4.78 is 18.8. The molecule has 9 nitrogen and oxygen atoms in total. The Morgan fingerprint density at radius 1 is 1.19 bits per heavy atom. The highest BCUT2D eigenvalue weighted by Crippen LogP contribution is 2.41. The van der Waals surface area contributed by atoms with Crippen LogP contribution in [0.5, 0.6) is 0 Å². The molecule has 4 rings (SSSR count). The van der Waals surface area contributed by atoms with E-state index in [0.717, 1.165) is 87.3 Å². The molecule has 0 radical (unpaired) electrons. The van der Waals surface area contributed by atoms with Gasteiger partial charge in [0.2, 0.25) is 5.95 Å². The predicted molar refractivity (Wildman–Crippen MR) is 172 cm³/mol. The molecule has 1 aliphatic carbocycles. The Morgan fingerprint density at radius 3 is 2.55 bits per heavy atom. The van der Waals surface area contributed by atoms with Gasteiger partial charge in [-0.3, -0.25) is 4.79 Å². The van der Waals surface area contributed by atoms with Gasteiger partial charge >= 0.3 is 5.97 Å². The zero-order valence-corrected chi connectivity index (χ0v) is 27.9. The van der Waals surface area contributed by atoms with Crippen molar-refractivity contribution in [1.29, 1.82) is 0 Å². The number of ether oxygens (including phenoxy) is 3. The number of methoxy groups -OCH3 is 1. The molecule has 1 aromatic heterocycles.